The number of halogens is 3. The van der Waals surface area contributed by atoms with Crippen LogP contribution in [0.1, 0.15) is 18.1 Å². The van der Waals surface area contributed by atoms with Gasteiger partial charge in [-0.05, 0) is 36.9 Å². The topological polar surface area (TPSA) is 21.3 Å². The van der Waals surface area contributed by atoms with Crippen molar-refractivity contribution in [1.82, 2.24) is 5.32 Å². The maximum absolute atomic E-state index is 6.24. The SMILES string of the molecule is CCNCc1c(Cl)cccc1OCc1cc(Cl)ccc1Cl. The summed E-state index contributed by atoms with van der Waals surface area (Å²) in [6, 6.07) is 10.9. The molecular weight excluding hydrogens is 329 g/mol. The van der Waals surface area contributed by atoms with E-state index >= 15 is 0 Å². The fourth-order valence-electron chi connectivity index (χ4n) is 1.91. The second-order valence-corrected chi connectivity index (χ2v) is 5.77. The van der Waals surface area contributed by atoms with E-state index in [9.17, 15) is 0 Å². The van der Waals surface area contributed by atoms with E-state index in [4.69, 9.17) is 39.5 Å². The molecule has 0 fully saturated rings. The van der Waals surface area contributed by atoms with Crippen molar-refractivity contribution in [2.24, 2.45) is 0 Å². The molecule has 1 N–H and O–H groups in total. The van der Waals surface area contributed by atoms with Crippen LogP contribution >= 0.6 is 34.8 Å². The van der Waals surface area contributed by atoms with Gasteiger partial charge in [-0.25, -0.2) is 0 Å². The molecule has 2 aromatic rings. The Morgan fingerprint density at radius 1 is 1.05 bits per heavy atom. The molecule has 5 heteroatoms. The zero-order valence-corrected chi connectivity index (χ0v) is 13.9. The van der Waals surface area contributed by atoms with Gasteiger partial charge in [0.2, 0.25) is 0 Å². The molecule has 0 unspecified atom stereocenters. The van der Waals surface area contributed by atoms with Crippen LogP contribution in [-0.4, -0.2) is 6.54 Å². The van der Waals surface area contributed by atoms with Crippen molar-refractivity contribution < 1.29 is 4.74 Å². The molecule has 0 heterocycles. The maximum atomic E-state index is 6.24. The van der Waals surface area contributed by atoms with E-state index in [1.807, 2.05) is 25.1 Å². The lowest BCUT2D eigenvalue weighted by atomic mass is 10.2. The van der Waals surface area contributed by atoms with Crippen LogP contribution < -0.4 is 10.1 Å². The molecule has 0 bridgehead atoms. The van der Waals surface area contributed by atoms with Crippen LogP contribution in [0.3, 0.4) is 0 Å². The molecule has 2 nitrogen and oxygen atoms in total. The van der Waals surface area contributed by atoms with Gasteiger partial charge < -0.3 is 10.1 Å². The summed E-state index contributed by atoms with van der Waals surface area (Å²) in [6.07, 6.45) is 0. The zero-order chi connectivity index (χ0) is 15.2. The van der Waals surface area contributed by atoms with Gasteiger partial charge in [0.15, 0.2) is 0 Å². The highest BCUT2D eigenvalue weighted by Crippen LogP contribution is 2.28. The summed E-state index contributed by atoms with van der Waals surface area (Å²) >= 11 is 18.4. The third kappa shape index (κ3) is 4.52. The Hall–Kier alpha value is -0.930. The van der Waals surface area contributed by atoms with Gasteiger partial charge in [-0.15, -0.1) is 0 Å². The summed E-state index contributed by atoms with van der Waals surface area (Å²) in [5, 5.41) is 5.21. The first-order chi connectivity index (χ1) is 10.1. The maximum Gasteiger partial charge on any atom is 0.125 e. The van der Waals surface area contributed by atoms with Crippen LogP contribution in [0.2, 0.25) is 15.1 Å². The predicted molar refractivity (Wildman–Crippen MR) is 89.6 cm³/mol. The standard InChI is InChI=1S/C16H16Cl3NO/c1-2-20-9-13-15(19)4-3-5-16(13)21-10-11-8-12(17)6-7-14(11)18/h3-8,20H,2,9-10H2,1H3. The lowest BCUT2D eigenvalue weighted by Gasteiger charge is -2.14. The summed E-state index contributed by atoms with van der Waals surface area (Å²) in [5.74, 6) is 0.750. The van der Waals surface area contributed by atoms with E-state index in [0.29, 0.717) is 28.2 Å². The number of hydrogen-bond acceptors (Lipinski definition) is 2. The minimum atomic E-state index is 0.346. The Morgan fingerprint density at radius 3 is 2.62 bits per heavy atom. The Balaban J connectivity index is 2.16. The van der Waals surface area contributed by atoms with Gasteiger partial charge in [-0.3, -0.25) is 0 Å². The summed E-state index contributed by atoms with van der Waals surface area (Å²) < 4.78 is 5.87. The monoisotopic (exact) mass is 343 g/mol. The highest BCUT2D eigenvalue weighted by atomic mass is 35.5. The van der Waals surface area contributed by atoms with Crippen LogP contribution in [0.15, 0.2) is 36.4 Å². The van der Waals surface area contributed by atoms with E-state index in [0.717, 1.165) is 23.4 Å². The third-order valence-corrected chi connectivity index (χ3v) is 3.98. The van der Waals surface area contributed by atoms with Gasteiger partial charge in [-0.1, -0.05) is 47.8 Å². The van der Waals surface area contributed by atoms with Crippen molar-refractivity contribution in [3.63, 3.8) is 0 Å². The zero-order valence-electron chi connectivity index (χ0n) is 11.6. The van der Waals surface area contributed by atoms with Crippen LogP contribution in [0.25, 0.3) is 0 Å². The predicted octanol–water partition coefficient (Wildman–Crippen LogP) is 5.34. The van der Waals surface area contributed by atoms with Crippen LogP contribution in [-0.2, 0) is 13.2 Å². The van der Waals surface area contributed by atoms with E-state index in [1.54, 1.807) is 18.2 Å². The van der Waals surface area contributed by atoms with Gasteiger partial charge in [0, 0.05) is 32.7 Å². The lowest BCUT2D eigenvalue weighted by molar-refractivity contribution is 0.302. The fraction of sp³-hybridized carbons (Fsp3) is 0.250. The van der Waals surface area contributed by atoms with Crippen molar-refractivity contribution in [2.45, 2.75) is 20.1 Å². The Morgan fingerprint density at radius 2 is 1.86 bits per heavy atom. The first kappa shape index (κ1) is 16.4. The van der Waals surface area contributed by atoms with E-state index in [-0.39, 0.29) is 0 Å². The molecule has 0 aliphatic carbocycles. The minimum Gasteiger partial charge on any atom is -0.488 e. The molecule has 0 amide bonds. The quantitative estimate of drug-likeness (QED) is 0.764. The molecular formula is C16H16Cl3NO. The molecule has 0 spiro atoms. The molecule has 112 valence electrons. The Labute approximate surface area is 140 Å². The van der Waals surface area contributed by atoms with Crippen molar-refractivity contribution in [1.29, 1.82) is 0 Å². The average Bonchev–Trinajstić information content (AvgIpc) is 2.47. The van der Waals surface area contributed by atoms with Crippen molar-refractivity contribution in [3.8, 4) is 5.75 Å². The molecule has 0 atom stereocenters. The summed E-state index contributed by atoms with van der Waals surface area (Å²) in [6.45, 7) is 3.92. The lowest BCUT2D eigenvalue weighted by Crippen LogP contribution is -2.13. The molecule has 0 saturated heterocycles. The van der Waals surface area contributed by atoms with Gasteiger partial charge in [0.1, 0.15) is 12.4 Å². The molecule has 0 saturated carbocycles. The number of rotatable bonds is 6. The van der Waals surface area contributed by atoms with Crippen molar-refractivity contribution >= 4 is 34.8 Å². The van der Waals surface area contributed by atoms with Gasteiger partial charge >= 0.3 is 0 Å². The van der Waals surface area contributed by atoms with Crippen molar-refractivity contribution in [3.05, 3.63) is 62.6 Å². The smallest absolute Gasteiger partial charge is 0.125 e. The highest BCUT2D eigenvalue weighted by molar-refractivity contribution is 6.33. The molecule has 2 rings (SSSR count). The van der Waals surface area contributed by atoms with E-state index < -0.39 is 0 Å². The van der Waals surface area contributed by atoms with Gasteiger partial charge in [-0.2, -0.15) is 0 Å². The van der Waals surface area contributed by atoms with Gasteiger partial charge in [0.25, 0.3) is 0 Å². The molecule has 0 radical (unpaired) electrons. The first-order valence-electron chi connectivity index (χ1n) is 6.66. The Kier molecular flexibility index (Phi) is 6.19. The second-order valence-electron chi connectivity index (χ2n) is 4.52. The number of nitrogens with one attached hydrogen (secondary N) is 1. The van der Waals surface area contributed by atoms with Gasteiger partial charge in [0.05, 0.1) is 0 Å². The average molecular weight is 345 g/mol. The number of ether oxygens (including phenoxy) is 1. The van der Waals surface area contributed by atoms with E-state index in [1.165, 1.54) is 0 Å². The van der Waals surface area contributed by atoms with E-state index in [2.05, 4.69) is 5.32 Å². The molecule has 21 heavy (non-hydrogen) atoms. The number of benzene rings is 2. The first-order valence-corrected chi connectivity index (χ1v) is 7.80. The molecule has 0 aliphatic heterocycles. The Bertz CT molecular complexity index is 616. The second kappa shape index (κ2) is 7.90. The molecule has 2 aromatic carbocycles. The molecule has 0 aliphatic rings. The summed E-state index contributed by atoms with van der Waals surface area (Å²) in [5.41, 5.74) is 1.79. The number of hydrogen-bond donors (Lipinski definition) is 1. The fourth-order valence-corrected chi connectivity index (χ4v) is 2.50. The summed E-state index contributed by atoms with van der Waals surface area (Å²) in [7, 11) is 0. The normalized spacial score (nSPS) is 10.7. The van der Waals surface area contributed by atoms with Crippen LogP contribution in [0.5, 0.6) is 5.75 Å². The highest BCUT2D eigenvalue weighted by Gasteiger charge is 2.09. The third-order valence-electron chi connectivity index (χ3n) is 3.02. The summed E-state index contributed by atoms with van der Waals surface area (Å²) in [4.78, 5) is 0. The minimum absolute atomic E-state index is 0.346. The largest absolute Gasteiger partial charge is 0.488 e. The van der Waals surface area contributed by atoms with Crippen molar-refractivity contribution in [2.75, 3.05) is 6.54 Å². The van der Waals surface area contributed by atoms with Crippen LogP contribution in [0, 0.1) is 0 Å². The van der Waals surface area contributed by atoms with Crippen LogP contribution in [0.4, 0.5) is 0 Å². The molecule has 0 aromatic heterocycles.